The molecule has 0 aliphatic rings. The third kappa shape index (κ3) is 2.54. The van der Waals surface area contributed by atoms with Crippen molar-refractivity contribution in [1.82, 2.24) is 0 Å². The molecule has 1 heterocycles. The first-order valence-electron chi connectivity index (χ1n) is 4.41. The Hall–Kier alpha value is -0.940. The van der Waals surface area contributed by atoms with E-state index >= 15 is 0 Å². The van der Waals surface area contributed by atoms with Gasteiger partial charge >= 0.3 is 5.97 Å². The normalized spacial score (nSPS) is 11.4. The van der Waals surface area contributed by atoms with E-state index in [1.807, 2.05) is 20.8 Å². The molecule has 0 aliphatic heterocycles. The maximum Gasteiger partial charge on any atom is 0.337 e. The number of rotatable bonds is 2. The molecule has 82 valence electrons. The van der Waals surface area contributed by atoms with E-state index in [0.29, 0.717) is 4.88 Å². The number of thiophene rings is 1. The van der Waals surface area contributed by atoms with Crippen LogP contribution in [-0.2, 0) is 5.41 Å². The minimum atomic E-state index is -0.982. The zero-order valence-corrected chi connectivity index (χ0v) is 10.5. The number of aromatic carboxylic acids is 1. The van der Waals surface area contributed by atoms with Crippen molar-refractivity contribution >= 4 is 34.5 Å². The summed E-state index contributed by atoms with van der Waals surface area (Å²) < 4.78 is 0. The van der Waals surface area contributed by atoms with Crippen LogP contribution in [0.3, 0.4) is 0 Å². The largest absolute Gasteiger partial charge is 0.478 e. The van der Waals surface area contributed by atoms with Crippen LogP contribution in [-0.4, -0.2) is 16.1 Å². The molecule has 0 fully saturated rings. The van der Waals surface area contributed by atoms with Crippen molar-refractivity contribution in [1.29, 1.82) is 0 Å². The Morgan fingerprint density at radius 2 is 2.07 bits per heavy atom. The fourth-order valence-electron chi connectivity index (χ4n) is 1.10. The van der Waals surface area contributed by atoms with Gasteiger partial charge in [-0.15, -0.1) is 11.3 Å². The summed E-state index contributed by atoms with van der Waals surface area (Å²) in [7, 11) is 0. The van der Waals surface area contributed by atoms with Crippen LogP contribution >= 0.6 is 23.6 Å². The molecule has 0 saturated carbocycles. The first-order chi connectivity index (χ1) is 6.73. The molecule has 3 N–H and O–H groups in total. The average Bonchev–Trinajstić information content (AvgIpc) is 2.45. The third-order valence-electron chi connectivity index (χ3n) is 1.93. The summed E-state index contributed by atoms with van der Waals surface area (Å²) in [5.74, 6) is -0.982. The van der Waals surface area contributed by atoms with E-state index in [9.17, 15) is 4.79 Å². The second-order valence-electron chi connectivity index (χ2n) is 4.27. The van der Waals surface area contributed by atoms with Crippen LogP contribution in [0.1, 0.15) is 40.9 Å². The molecular weight excluding hydrogens is 230 g/mol. The van der Waals surface area contributed by atoms with Gasteiger partial charge in [0, 0.05) is 4.88 Å². The molecule has 1 aromatic heterocycles. The monoisotopic (exact) mass is 243 g/mol. The van der Waals surface area contributed by atoms with Crippen LogP contribution in [0.15, 0.2) is 6.07 Å². The van der Waals surface area contributed by atoms with Crippen molar-refractivity contribution < 1.29 is 9.90 Å². The van der Waals surface area contributed by atoms with Gasteiger partial charge < -0.3 is 10.8 Å². The van der Waals surface area contributed by atoms with Crippen molar-refractivity contribution in [3.05, 3.63) is 21.4 Å². The van der Waals surface area contributed by atoms with Crippen LogP contribution in [0.5, 0.6) is 0 Å². The summed E-state index contributed by atoms with van der Waals surface area (Å²) in [6, 6.07) is 1.65. The molecule has 0 radical (unpaired) electrons. The van der Waals surface area contributed by atoms with Gasteiger partial charge in [-0.2, -0.15) is 0 Å². The van der Waals surface area contributed by atoms with E-state index in [2.05, 4.69) is 0 Å². The van der Waals surface area contributed by atoms with E-state index < -0.39 is 5.97 Å². The Morgan fingerprint density at radius 1 is 1.53 bits per heavy atom. The minimum Gasteiger partial charge on any atom is -0.478 e. The van der Waals surface area contributed by atoms with Crippen molar-refractivity contribution in [2.75, 3.05) is 0 Å². The minimum absolute atomic E-state index is 0.0854. The Bertz CT molecular complexity index is 384. The SMILES string of the molecule is CC(C)(C)c1cc(C(=O)O)c(C(N)=S)s1. The lowest BCUT2D eigenvalue weighted by Gasteiger charge is -2.15. The molecule has 0 bridgehead atoms. The Kier molecular flexibility index (Phi) is 3.16. The van der Waals surface area contributed by atoms with Gasteiger partial charge in [0.15, 0.2) is 0 Å². The molecule has 3 nitrogen and oxygen atoms in total. The number of carboxylic acids is 1. The zero-order chi connectivity index (χ0) is 11.8. The van der Waals surface area contributed by atoms with E-state index in [4.69, 9.17) is 23.1 Å². The quantitative estimate of drug-likeness (QED) is 0.783. The molecule has 0 saturated heterocycles. The van der Waals surface area contributed by atoms with E-state index in [1.54, 1.807) is 6.07 Å². The van der Waals surface area contributed by atoms with Gasteiger partial charge in [-0.05, 0) is 11.5 Å². The summed E-state index contributed by atoms with van der Waals surface area (Å²) in [5.41, 5.74) is 5.61. The predicted octanol–water partition coefficient (Wildman–Crippen LogP) is 2.38. The van der Waals surface area contributed by atoms with Crippen molar-refractivity contribution in [2.24, 2.45) is 5.73 Å². The van der Waals surface area contributed by atoms with Crippen molar-refractivity contribution in [3.63, 3.8) is 0 Å². The molecule has 0 spiro atoms. The van der Waals surface area contributed by atoms with Crippen LogP contribution in [0, 0.1) is 0 Å². The second-order valence-corrected chi connectivity index (χ2v) is 5.76. The second kappa shape index (κ2) is 3.90. The molecule has 5 heteroatoms. The Labute approximate surface area is 97.9 Å². The molecule has 0 atom stereocenters. The van der Waals surface area contributed by atoms with Gasteiger partial charge in [-0.1, -0.05) is 33.0 Å². The topological polar surface area (TPSA) is 63.3 Å². The highest BCUT2D eigenvalue weighted by atomic mass is 32.1. The smallest absolute Gasteiger partial charge is 0.337 e. The highest BCUT2D eigenvalue weighted by Gasteiger charge is 2.23. The van der Waals surface area contributed by atoms with Gasteiger partial charge in [-0.3, -0.25) is 0 Å². The molecule has 0 unspecified atom stereocenters. The number of hydrogen-bond donors (Lipinski definition) is 2. The maximum atomic E-state index is 11.0. The van der Waals surface area contributed by atoms with E-state index in [-0.39, 0.29) is 16.0 Å². The average molecular weight is 243 g/mol. The third-order valence-corrected chi connectivity index (χ3v) is 3.85. The van der Waals surface area contributed by atoms with Gasteiger partial charge in [0.2, 0.25) is 0 Å². The molecule has 1 aromatic rings. The van der Waals surface area contributed by atoms with Crippen LogP contribution < -0.4 is 5.73 Å². The zero-order valence-electron chi connectivity index (χ0n) is 8.83. The van der Waals surface area contributed by atoms with Gasteiger partial charge in [0.1, 0.15) is 4.99 Å². The Morgan fingerprint density at radius 3 is 2.33 bits per heavy atom. The molecule has 0 amide bonds. The number of hydrogen-bond acceptors (Lipinski definition) is 3. The summed E-state index contributed by atoms with van der Waals surface area (Å²) >= 11 is 6.19. The lowest BCUT2D eigenvalue weighted by Crippen LogP contribution is -2.11. The maximum absolute atomic E-state index is 11.0. The van der Waals surface area contributed by atoms with Gasteiger partial charge in [0.05, 0.1) is 10.4 Å². The predicted molar refractivity (Wildman–Crippen MR) is 65.9 cm³/mol. The fraction of sp³-hybridized carbons (Fsp3) is 0.400. The first-order valence-corrected chi connectivity index (χ1v) is 5.63. The summed E-state index contributed by atoms with van der Waals surface area (Å²) in [6.45, 7) is 6.06. The standard InChI is InChI=1S/C10H13NO2S2/c1-10(2,3)6-4-5(9(12)13)7(15-6)8(11)14/h4H,1-3H3,(H2,11,14)(H,12,13). The number of nitrogens with two attached hydrogens (primary N) is 1. The van der Waals surface area contributed by atoms with Gasteiger partial charge in [0.25, 0.3) is 0 Å². The number of thiocarbonyl (C=S) groups is 1. The van der Waals surface area contributed by atoms with E-state index in [0.717, 1.165) is 4.88 Å². The fourth-order valence-corrected chi connectivity index (χ4v) is 2.40. The molecule has 0 aliphatic carbocycles. The van der Waals surface area contributed by atoms with Crippen LogP contribution in [0.2, 0.25) is 0 Å². The lowest BCUT2D eigenvalue weighted by atomic mass is 9.94. The lowest BCUT2D eigenvalue weighted by molar-refractivity contribution is 0.0697. The van der Waals surface area contributed by atoms with Crippen molar-refractivity contribution in [3.8, 4) is 0 Å². The summed E-state index contributed by atoms with van der Waals surface area (Å²) in [6.07, 6.45) is 0. The molecular formula is C10H13NO2S2. The van der Waals surface area contributed by atoms with Crippen LogP contribution in [0.25, 0.3) is 0 Å². The number of carbonyl (C=O) groups is 1. The molecule has 15 heavy (non-hydrogen) atoms. The Balaban J connectivity index is 3.34. The van der Waals surface area contributed by atoms with Crippen molar-refractivity contribution in [2.45, 2.75) is 26.2 Å². The van der Waals surface area contributed by atoms with E-state index in [1.165, 1.54) is 11.3 Å². The summed E-state index contributed by atoms with van der Waals surface area (Å²) in [4.78, 5) is 12.6. The molecule has 0 aromatic carbocycles. The van der Waals surface area contributed by atoms with Gasteiger partial charge in [-0.25, -0.2) is 4.79 Å². The number of carboxylic acid groups (broad SMARTS) is 1. The summed E-state index contributed by atoms with van der Waals surface area (Å²) in [5, 5.41) is 8.99. The molecule has 1 rings (SSSR count). The first kappa shape index (κ1) is 12.1. The van der Waals surface area contributed by atoms with Crippen LogP contribution in [0.4, 0.5) is 0 Å². The highest BCUT2D eigenvalue weighted by Crippen LogP contribution is 2.32. The highest BCUT2D eigenvalue weighted by molar-refractivity contribution is 7.81.